The summed E-state index contributed by atoms with van der Waals surface area (Å²) in [6, 6.07) is 5.64. The van der Waals surface area contributed by atoms with Crippen molar-refractivity contribution in [2.45, 2.75) is 25.0 Å². The van der Waals surface area contributed by atoms with Gasteiger partial charge < -0.3 is 10.5 Å². The third-order valence-electron chi connectivity index (χ3n) is 3.74. The van der Waals surface area contributed by atoms with Gasteiger partial charge in [-0.15, -0.1) is 0 Å². The Balaban J connectivity index is 1.79. The Hall–Kier alpha value is -1.70. The standard InChI is InChI=1S/C14H23N5O2/c1-21-12-5-7-19(11(8-12)9-15)10-14(20)18-17-13-4-2-3-6-16-13/h2-4,6,11-12H,5,7-10,15H2,1H3,(H,16,17)(H,18,20). The first-order chi connectivity index (χ1) is 10.2. The molecule has 21 heavy (non-hydrogen) atoms. The molecule has 1 saturated heterocycles. The van der Waals surface area contributed by atoms with Gasteiger partial charge >= 0.3 is 0 Å². The van der Waals surface area contributed by atoms with Crippen LogP contribution in [0.1, 0.15) is 12.8 Å². The van der Waals surface area contributed by atoms with Gasteiger partial charge in [0, 0.05) is 32.4 Å². The number of nitrogens with one attached hydrogen (secondary N) is 2. The summed E-state index contributed by atoms with van der Waals surface area (Å²) in [5.74, 6) is 0.509. The number of piperidine rings is 1. The van der Waals surface area contributed by atoms with Crippen LogP contribution < -0.4 is 16.6 Å². The molecule has 2 heterocycles. The summed E-state index contributed by atoms with van der Waals surface area (Å²) in [7, 11) is 1.72. The Kier molecular flexibility index (Phi) is 5.91. The van der Waals surface area contributed by atoms with Crippen LogP contribution in [0.3, 0.4) is 0 Å². The Bertz CT molecular complexity index is 442. The molecule has 0 aromatic carbocycles. The maximum Gasteiger partial charge on any atom is 0.252 e. The molecule has 1 fully saturated rings. The molecule has 116 valence electrons. The molecule has 0 bridgehead atoms. The second-order valence-electron chi connectivity index (χ2n) is 5.13. The van der Waals surface area contributed by atoms with Crippen LogP contribution in [0, 0.1) is 0 Å². The molecule has 7 nitrogen and oxygen atoms in total. The molecule has 4 N–H and O–H groups in total. The van der Waals surface area contributed by atoms with Crippen molar-refractivity contribution in [3.8, 4) is 0 Å². The summed E-state index contributed by atoms with van der Waals surface area (Å²) in [6.07, 6.45) is 3.70. The van der Waals surface area contributed by atoms with Crippen molar-refractivity contribution >= 4 is 11.7 Å². The van der Waals surface area contributed by atoms with Gasteiger partial charge in [-0.2, -0.15) is 0 Å². The predicted octanol–water partition coefficient (Wildman–Crippen LogP) is -0.0372. The fourth-order valence-electron chi connectivity index (χ4n) is 2.52. The molecular weight excluding hydrogens is 270 g/mol. The average molecular weight is 293 g/mol. The molecule has 2 unspecified atom stereocenters. The first kappa shape index (κ1) is 15.7. The van der Waals surface area contributed by atoms with Crippen LogP contribution in [0.2, 0.25) is 0 Å². The third-order valence-corrected chi connectivity index (χ3v) is 3.74. The maximum atomic E-state index is 12.0. The molecule has 2 atom stereocenters. The number of hydrogen-bond donors (Lipinski definition) is 3. The lowest BCUT2D eigenvalue weighted by Crippen LogP contribution is -2.52. The van der Waals surface area contributed by atoms with Crippen molar-refractivity contribution in [2.24, 2.45) is 5.73 Å². The molecule has 7 heteroatoms. The van der Waals surface area contributed by atoms with Crippen LogP contribution in [-0.2, 0) is 9.53 Å². The molecular formula is C14H23N5O2. The molecule has 2 rings (SSSR count). The number of aromatic nitrogens is 1. The van der Waals surface area contributed by atoms with E-state index in [4.69, 9.17) is 10.5 Å². The minimum absolute atomic E-state index is 0.102. The van der Waals surface area contributed by atoms with E-state index in [2.05, 4.69) is 20.7 Å². The van der Waals surface area contributed by atoms with Crippen molar-refractivity contribution in [1.82, 2.24) is 15.3 Å². The van der Waals surface area contributed by atoms with Gasteiger partial charge in [0.05, 0.1) is 12.6 Å². The van der Waals surface area contributed by atoms with E-state index < -0.39 is 0 Å². The quantitative estimate of drug-likeness (QED) is 0.638. The Labute approximate surface area is 124 Å². The average Bonchev–Trinajstić information content (AvgIpc) is 2.54. The lowest BCUT2D eigenvalue weighted by molar-refractivity contribution is -0.123. The molecule has 0 spiro atoms. The highest BCUT2D eigenvalue weighted by Gasteiger charge is 2.28. The van der Waals surface area contributed by atoms with E-state index in [0.29, 0.717) is 18.9 Å². The van der Waals surface area contributed by atoms with Gasteiger partial charge in [0.1, 0.15) is 5.82 Å². The Morgan fingerprint density at radius 3 is 3.10 bits per heavy atom. The van der Waals surface area contributed by atoms with Crippen LogP contribution in [0.4, 0.5) is 5.82 Å². The van der Waals surface area contributed by atoms with Gasteiger partial charge in [-0.3, -0.25) is 20.5 Å². The van der Waals surface area contributed by atoms with E-state index in [0.717, 1.165) is 19.4 Å². The third kappa shape index (κ3) is 4.66. The second kappa shape index (κ2) is 7.92. The summed E-state index contributed by atoms with van der Waals surface area (Å²) in [5.41, 5.74) is 11.2. The highest BCUT2D eigenvalue weighted by Crippen LogP contribution is 2.18. The molecule has 0 radical (unpaired) electrons. The highest BCUT2D eigenvalue weighted by atomic mass is 16.5. The van der Waals surface area contributed by atoms with Crippen molar-refractivity contribution in [3.63, 3.8) is 0 Å². The highest BCUT2D eigenvalue weighted by molar-refractivity contribution is 5.79. The molecule has 1 aromatic heterocycles. The number of nitrogens with zero attached hydrogens (tertiary/aromatic N) is 2. The van der Waals surface area contributed by atoms with Crippen molar-refractivity contribution < 1.29 is 9.53 Å². The molecule has 0 saturated carbocycles. The lowest BCUT2D eigenvalue weighted by Gasteiger charge is -2.37. The lowest BCUT2D eigenvalue weighted by atomic mass is 9.99. The summed E-state index contributed by atoms with van der Waals surface area (Å²) < 4.78 is 5.38. The van der Waals surface area contributed by atoms with Crippen LogP contribution >= 0.6 is 0 Å². The van der Waals surface area contributed by atoms with E-state index in [1.165, 1.54) is 0 Å². The summed E-state index contributed by atoms with van der Waals surface area (Å²) in [5, 5.41) is 0. The molecule has 1 aliphatic heterocycles. The number of amides is 1. The molecule has 1 aliphatic rings. The number of hydrazine groups is 1. The number of carbonyl (C=O) groups is 1. The van der Waals surface area contributed by atoms with Gasteiger partial charge in [0.25, 0.3) is 5.91 Å². The number of anilines is 1. The molecule has 1 amide bonds. The monoisotopic (exact) mass is 293 g/mol. The van der Waals surface area contributed by atoms with Gasteiger partial charge in [-0.1, -0.05) is 6.07 Å². The second-order valence-corrected chi connectivity index (χ2v) is 5.13. The fourth-order valence-corrected chi connectivity index (χ4v) is 2.52. The minimum atomic E-state index is -0.102. The van der Waals surface area contributed by atoms with E-state index in [1.807, 2.05) is 12.1 Å². The first-order valence-corrected chi connectivity index (χ1v) is 7.15. The van der Waals surface area contributed by atoms with Gasteiger partial charge in [-0.05, 0) is 25.0 Å². The zero-order chi connectivity index (χ0) is 15.1. The summed E-state index contributed by atoms with van der Waals surface area (Å²) >= 11 is 0. The largest absolute Gasteiger partial charge is 0.381 e. The maximum absolute atomic E-state index is 12.0. The first-order valence-electron chi connectivity index (χ1n) is 7.15. The summed E-state index contributed by atoms with van der Waals surface area (Å²) in [4.78, 5) is 18.2. The number of hydrogen-bond acceptors (Lipinski definition) is 6. The number of pyridine rings is 1. The number of ether oxygens (including phenoxy) is 1. The van der Waals surface area contributed by atoms with Crippen LogP contribution in [0.5, 0.6) is 0 Å². The Morgan fingerprint density at radius 1 is 1.57 bits per heavy atom. The van der Waals surface area contributed by atoms with Gasteiger partial charge in [0.15, 0.2) is 0 Å². The molecule has 1 aromatic rings. The van der Waals surface area contributed by atoms with E-state index in [1.54, 1.807) is 19.4 Å². The van der Waals surface area contributed by atoms with Crippen molar-refractivity contribution in [3.05, 3.63) is 24.4 Å². The fraction of sp³-hybridized carbons (Fsp3) is 0.571. The number of rotatable bonds is 6. The Morgan fingerprint density at radius 2 is 2.43 bits per heavy atom. The predicted molar refractivity (Wildman–Crippen MR) is 80.4 cm³/mol. The molecule has 0 aliphatic carbocycles. The zero-order valence-electron chi connectivity index (χ0n) is 12.3. The zero-order valence-corrected chi connectivity index (χ0v) is 12.3. The number of nitrogens with two attached hydrogens (primary N) is 1. The number of carbonyl (C=O) groups excluding carboxylic acids is 1. The van der Waals surface area contributed by atoms with Crippen LogP contribution in [0.25, 0.3) is 0 Å². The summed E-state index contributed by atoms with van der Waals surface area (Å²) in [6.45, 7) is 1.66. The van der Waals surface area contributed by atoms with Crippen molar-refractivity contribution in [2.75, 3.05) is 32.2 Å². The topological polar surface area (TPSA) is 92.5 Å². The van der Waals surface area contributed by atoms with Gasteiger partial charge in [0.2, 0.25) is 0 Å². The van der Waals surface area contributed by atoms with E-state index >= 15 is 0 Å². The van der Waals surface area contributed by atoms with E-state index in [9.17, 15) is 4.79 Å². The smallest absolute Gasteiger partial charge is 0.252 e. The van der Waals surface area contributed by atoms with Gasteiger partial charge in [-0.25, -0.2) is 4.98 Å². The number of likely N-dealkylation sites (tertiary alicyclic amines) is 1. The van der Waals surface area contributed by atoms with E-state index in [-0.39, 0.29) is 18.1 Å². The minimum Gasteiger partial charge on any atom is -0.381 e. The normalized spacial score (nSPS) is 22.8. The van der Waals surface area contributed by atoms with Crippen molar-refractivity contribution in [1.29, 1.82) is 0 Å². The van der Waals surface area contributed by atoms with Crippen LogP contribution in [0.15, 0.2) is 24.4 Å². The van der Waals surface area contributed by atoms with Crippen LogP contribution in [-0.4, -0.2) is 54.7 Å². The number of methoxy groups -OCH3 is 1. The SMILES string of the molecule is COC1CCN(CC(=O)NNc2ccccn2)C(CN)C1.